The number of anilines is 1. The molecule has 0 aromatic heterocycles. The zero-order chi connectivity index (χ0) is 14.7. The van der Waals surface area contributed by atoms with Gasteiger partial charge >= 0.3 is 12.0 Å². The SMILES string of the molecule is COc1cc(NC(=O)NC2CC(C)C2)ccc1C(=O)O. The van der Waals surface area contributed by atoms with Crippen LogP contribution >= 0.6 is 0 Å². The number of hydrogen-bond acceptors (Lipinski definition) is 3. The maximum Gasteiger partial charge on any atom is 0.339 e. The molecule has 6 nitrogen and oxygen atoms in total. The van der Waals surface area contributed by atoms with Gasteiger partial charge in [0, 0.05) is 17.8 Å². The van der Waals surface area contributed by atoms with Crippen LogP contribution in [-0.4, -0.2) is 30.3 Å². The normalized spacial score (nSPS) is 20.7. The number of hydrogen-bond donors (Lipinski definition) is 3. The third-order valence-electron chi connectivity index (χ3n) is 3.40. The summed E-state index contributed by atoms with van der Waals surface area (Å²) in [7, 11) is 1.39. The minimum atomic E-state index is -1.07. The number of ether oxygens (including phenoxy) is 1. The van der Waals surface area contributed by atoms with Gasteiger partial charge in [-0.15, -0.1) is 0 Å². The maximum atomic E-state index is 11.8. The molecule has 0 bridgehead atoms. The van der Waals surface area contributed by atoms with Gasteiger partial charge in [0.25, 0.3) is 0 Å². The van der Waals surface area contributed by atoms with E-state index >= 15 is 0 Å². The van der Waals surface area contributed by atoms with Crippen molar-refractivity contribution >= 4 is 17.7 Å². The zero-order valence-electron chi connectivity index (χ0n) is 11.5. The van der Waals surface area contributed by atoms with E-state index in [1.54, 1.807) is 0 Å². The third-order valence-corrected chi connectivity index (χ3v) is 3.40. The lowest BCUT2D eigenvalue weighted by atomic mass is 9.82. The number of carboxylic acid groups (broad SMARTS) is 1. The van der Waals surface area contributed by atoms with Gasteiger partial charge in [-0.2, -0.15) is 0 Å². The van der Waals surface area contributed by atoms with Crippen molar-refractivity contribution in [2.45, 2.75) is 25.8 Å². The Labute approximate surface area is 117 Å². The molecule has 0 unspecified atom stereocenters. The number of nitrogens with one attached hydrogen (secondary N) is 2. The number of methoxy groups -OCH3 is 1. The van der Waals surface area contributed by atoms with E-state index in [0.29, 0.717) is 11.6 Å². The zero-order valence-corrected chi connectivity index (χ0v) is 11.5. The molecule has 1 aliphatic rings. The van der Waals surface area contributed by atoms with Gasteiger partial charge < -0.3 is 20.5 Å². The second-order valence-electron chi connectivity index (χ2n) is 5.09. The van der Waals surface area contributed by atoms with Gasteiger partial charge in [-0.05, 0) is 30.9 Å². The topological polar surface area (TPSA) is 87.7 Å². The Balaban J connectivity index is 1.98. The monoisotopic (exact) mass is 278 g/mol. The molecule has 108 valence electrons. The van der Waals surface area contributed by atoms with Crippen molar-refractivity contribution in [2.75, 3.05) is 12.4 Å². The maximum absolute atomic E-state index is 11.8. The van der Waals surface area contributed by atoms with Crippen molar-refractivity contribution in [3.05, 3.63) is 23.8 Å². The molecule has 1 aromatic carbocycles. The molecular weight excluding hydrogens is 260 g/mol. The molecule has 0 heterocycles. The smallest absolute Gasteiger partial charge is 0.339 e. The summed E-state index contributed by atoms with van der Waals surface area (Å²) in [6.07, 6.45) is 1.99. The van der Waals surface area contributed by atoms with Gasteiger partial charge in [0.2, 0.25) is 0 Å². The van der Waals surface area contributed by atoms with Crippen LogP contribution in [0, 0.1) is 5.92 Å². The Hall–Kier alpha value is -2.24. The predicted octanol–water partition coefficient (Wildman–Crippen LogP) is 2.31. The fourth-order valence-electron chi connectivity index (χ4n) is 2.32. The van der Waals surface area contributed by atoms with Gasteiger partial charge in [-0.25, -0.2) is 9.59 Å². The van der Waals surface area contributed by atoms with Crippen LogP contribution in [0.1, 0.15) is 30.1 Å². The highest BCUT2D eigenvalue weighted by Gasteiger charge is 2.26. The van der Waals surface area contributed by atoms with Crippen molar-refractivity contribution in [3.63, 3.8) is 0 Å². The van der Waals surface area contributed by atoms with Crippen molar-refractivity contribution in [3.8, 4) is 5.75 Å². The number of benzene rings is 1. The third kappa shape index (κ3) is 3.20. The second-order valence-corrected chi connectivity index (χ2v) is 5.09. The number of carbonyl (C=O) groups is 2. The molecule has 20 heavy (non-hydrogen) atoms. The Morgan fingerprint density at radius 2 is 2.05 bits per heavy atom. The number of rotatable bonds is 4. The summed E-state index contributed by atoms with van der Waals surface area (Å²) < 4.78 is 5.00. The van der Waals surface area contributed by atoms with Gasteiger partial charge in [0.05, 0.1) is 7.11 Å². The fourth-order valence-corrected chi connectivity index (χ4v) is 2.32. The highest BCUT2D eigenvalue weighted by Crippen LogP contribution is 2.26. The molecule has 2 rings (SSSR count). The molecule has 6 heteroatoms. The van der Waals surface area contributed by atoms with Gasteiger partial charge in [0.1, 0.15) is 11.3 Å². The summed E-state index contributed by atoms with van der Waals surface area (Å²) in [5, 5.41) is 14.5. The summed E-state index contributed by atoms with van der Waals surface area (Å²) in [6, 6.07) is 4.38. The summed E-state index contributed by atoms with van der Waals surface area (Å²) in [4.78, 5) is 22.7. The number of carboxylic acids is 1. The molecule has 0 spiro atoms. The molecule has 3 N–H and O–H groups in total. The van der Waals surface area contributed by atoms with E-state index in [1.165, 1.54) is 25.3 Å². The molecule has 0 radical (unpaired) electrons. The molecule has 1 aromatic rings. The number of carbonyl (C=O) groups excluding carboxylic acids is 1. The summed E-state index contributed by atoms with van der Waals surface area (Å²) in [5.41, 5.74) is 0.558. The van der Waals surface area contributed by atoms with Crippen LogP contribution in [0.4, 0.5) is 10.5 Å². The molecule has 0 saturated heterocycles. The molecule has 0 atom stereocenters. The van der Waals surface area contributed by atoms with Crippen molar-refractivity contribution in [1.29, 1.82) is 0 Å². The molecule has 1 fully saturated rings. The summed E-state index contributed by atoms with van der Waals surface area (Å²) in [6.45, 7) is 2.14. The highest BCUT2D eigenvalue weighted by molar-refractivity contribution is 5.94. The van der Waals surface area contributed by atoms with Crippen LogP contribution in [0.25, 0.3) is 0 Å². The van der Waals surface area contributed by atoms with Crippen molar-refractivity contribution < 1.29 is 19.4 Å². The Morgan fingerprint density at radius 1 is 1.35 bits per heavy atom. The van der Waals surface area contributed by atoms with Crippen LogP contribution in [0.5, 0.6) is 5.75 Å². The minimum Gasteiger partial charge on any atom is -0.496 e. The lowest BCUT2D eigenvalue weighted by molar-refractivity contribution is 0.0693. The van der Waals surface area contributed by atoms with E-state index in [4.69, 9.17) is 9.84 Å². The minimum absolute atomic E-state index is 0.0614. The first-order valence-electron chi connectivity index (χ1n) is 6.48. The quantitative estimate of drug-likeness (QED) is 0.788. The van der Waals surface area contributed by atoms with Crippen molar-refractivity contribution in [1.82, 2.24) is 5.32 Å². The van der Waals surface area contributed by atoms with Crippen molar-refractivity contribution in [2.24, 2.45) is 5.92 Å². The lowest BCUT2D eigenvalue weighted by Gasteiger charge is -2.33. The van der Waals surface area contributed by atoms with Crippen LogP contribution < -0.4 is 15.4 Å². The molecule has 0 aliphatic heterocycles. The van der Waals surface area contributed by atoms with Crippen LogP contribution in [0.2, 0.25) is 0 Å². The standard InChI is InChI=1S/C14H18N2O4/c1-8-5-10(6-8)16-14(19)15-9-3-4-11(13(17)18)12(7-9)20-2/h3-4,7-8,10H,5-6H2,1-2H3,(H,17,18)(H2,15,16,19). The molecule has 1 saturated carbocycles. The van der Waals surface area contributed by atoms with Gasteiger partial charge in [-0.1, -0.05) is 6.92 Å². The van der Waals surface area contributed by atoms with Gasteiger partial charge in [0.15, 0.2) is 0 Å². The summed E-state index contributed by atoms with van der Waals surface area (Å²) in [5.74, 6) is -0.191. The second kappa shape index (κ2) is 5.81. The van der Waals surface area contributed by atoms with E-state index in [1.807, 2.05) is 0 Å². The molecule has 1 aliphatic carbocycles. The molecular formula is C14H18N2O4. The first kappa shape index (κ1) is 14.2. The van der Waals surface area contributed by atoms with E-state index in [9.17, 15) is 9.59 Å². The van der Waals surface area contributed by atoms with Crippen LogP contribution in [0.3, 0.4) is 0 Å². The van der Waals surface area contributed by atoms with Crippen LogP contribution in [-0.2, 0) is 0 Å². The number of urea groups is 1. The van der Waals surface area contributed by atoms with Gasteiger partial charge in [-0.3, -0.25) is 0 Å². The first-order chi connectivity index (χ1) is 9.49. The van der Waals surface area contributed by atoms with Crippen LogP contribution in [0.15, 0.2) is 18.2 Å². The average Bonchev–Trinajstić information content (AvgIpc) is 2.36. The van der Waals surface area contributed by atoms with E-state index in [0.717, 1.165) is 12.8 Å². The Morgan fingerprint density at radius 3 is 2.60 bits per heavy atom. The van der Waals surface area contributed by atoms with E-state index < -0.39 is 5.97 Å². The first-order valence-corrected chi connectivity index (χ1v) is 6.48. The Kier molecular flexibility index (Phi) is 4.12. The molecule has 2 amide bonds. The number of amides is 2. The fraction of sp³-hybridized carbons (Fsp3) is 0.429. The van der Waals surface area contributed by atoms with E-state index in [2.05, 4.69) is 17.6 Å². The lowest BCUT2D eigenvalue weighted by Crippen LogP contribution is -2.45. The largest absolute Gasteiger partial charge is 0.496 e. The predicted molar refractivity (Wildman–Crippen MR) is 74.3 cm³/mol. The number of aromatic carboxylic acids is 1. The Bertz CT molecular complexity index is 524. The summed E-state index contributed by atoms with van der Waals surface area (Å²) >= 11 is 0. The average molecular weight is 278 g/mol. The van der Waals surface area contributed by atoms with E-state index in [-0.39, 0.29) is 23.4 Å². The highest BCUT2D eigenvalue weighted by atomic mass is 16.5.